The molecule has 136 valence electrons. The Bertz CT molecular complexity index is 713. The number of amides is 2. The van der Waals surface area contributed by atoms with Gasteiger partial charge in [-0.25, -0.2) is 4.79 Å². The molecule has 2 N–H and O–H groups in total. The zero-order valence-corrected chi connectivity index (χ0v) is 15.0. The molecule has 0 aliphatic carbocycles. The molecule has 1 aliphatic heterocycles. The summed E-state index contributed by atoms with van der Waals surface area (Å²) in [5.74, 6) is 1.35. The van der Waals surface area contributed by atoms with E-state index in [0.29, 0.717) is 18.2 Å². The summed E-state index contributed by atoms with van der Waals surface area (Å²) in [5.41, 5.74) is 1.43. The molecule has 3 rings (SSSR count). The lowest BCUT2D eigenvalue weighted by Gasteiger charge is -2.16. The first-order chi connectivity index (χ1) is 12.2. The number of fused-ring (bicyclic) bond motifs is 1. The third-order valence-electron chi connectivity index (χ3n) is 4.66. The number of carbonyl (C=O) groups excluding carboxylic acids is 1. The van der Waals surface area contributed by atoms with Crippen molar-refractivity contribution in [2.75, 3.05) is 45.2 Å². The summed E-state index contributed by atoms with van der Waals surface area (Å²) < 4.78 is 10.8. The van der Waals surface area contributed by atoms with E-state index in [-0.39, 0.29) is 6.03 Å². The molecule has 2 aromatic rings. The minimum absolute atomic E-state index is 0.181. The van der Waals surface area contributed by atoms with Crippen LogP contribution in [0.5, 0.6) is 0 Å². The molecule has 1 aromatic carbocycles. The molecule has 2 heterocycles. The number of para-hydroxylation sites is 1. The maximum Gasteiger partial charge on any atom is 0.319 e. The molecule has 0 bridgehead atoms. The van der Waals surface area contributed by atoms with Gasteiger partial charge in [0.05, 0.1) is 5.69 Å². The number of carbonyl (C=O) groups is 1. The van der Waals surface area contributed by atoms with E-state index in [0.717, 1.165) is 55.8 Å². The topological polar surface area (TPSA) is 66.7 Å². The van der Waals surface area contributed by atoms with E-state index < -0.39 is 0 Å². The first kappa shape index (κ1) is 17.8. The van der Waals surface area contributed by atoms with Gasteiger partial charge in [-0.3, -0.25) is 0 Å². The van der Waals surface area contributed by atoms with Gasteiger partial charge in [0, 0.05) is 38.7 Å². The molecule has 1 saturated heterocycles. The van der Waals surface area contributed by atoms with Gasteiger partial charge in [-0.2, -0.15) is 0 Å². The third kappa shape index (κ3) is 4.74. The molecule has 6 nitrogen and oxygen atoms in total. The molecule has 1 atom stereocenters. The van der Waals surface area contributed by atoms with Crippen LogP contribution in [0.25, 0.3) is 11.0 Å². The standard InChI is InChI=1S/C19H27N3O3/c1-14-11-16-5-3-6-17(18(16)25-14)21-19(23)20-12-15-7-9-22(13-15)8-4-10-24-2/h3,5-6,11,15H,4,7-10,12-13H2,1-2H3,(H2,20,21,23)/t15-/m1/s1. The summed E-state index contributed by atoms with van der Waals surface area (Å²) in [6, 6.07) is 7.54. The molecule has 0 unspecified atom stereocenters. The van der Waals surface area contributed by atoms with Crippen molar-refractivity contribution < 1.29 is 13.9 Å². The Labute approximate surface area is 148 Å². The third-order valence-corrected chi connectivity index (χ3v) is 4.66. The lowest BCUT2D eigenvalue weighted by molar-refractivity contribution is 0.178. The fraction of sp³-hybridized carbons (Fsp3) is 0.526. The Morgan fingerprint density at radius 3 is 3.16 bits per heavy atom. The highest BCUT2D eigenvalue weighted by molar-refractivity contribution is 5.99. The van der Waals surface area contributed by atoms with Gasteiger partial charge < -0.3 is 24.7 Å². The number of hydrogen-bond acceptors (Lipinski definition) is 4. The number of aryl methyl sites for hydroxylation is 1. The van der Waals surface area contributed by atoms with Gasteiger partial charge in [0.25, 0.3) is 0 Å². The Hall–Kier alpha value is -2.05. The molecule has 0 saturated carbocycles. The van der Waals surface area contributed by atoms with Gasteiger partial charge in [-0.05, 0) is 44.4 Å². The molecule has 25 heavy (non-hydrogen) atoms. The predicted octanol–water partition coefficient (Wildman–Crippen LogP) is 3.22. The number of likely N-dealkylation sites (tertiary alicyclic amines) is 1. The zero-order chi connectivity index (χ0) is 17.6. The summed E-state index contributed by atoms with van der Waals surface area (Å²) in [5, 5.41) is 6.89. The normalized spacial score (nSPS) is 17.9. The Balaban J connectivity index is 1.45. The predicted molar refractivity (Wildman–Crippen MR) is 99.0 cm³/mol. The number of hydrogen-bond donors (Lipinski definition) is 2. The molecule has 6 heteroatoms. The van der Waals surface area contributed by atoms with Gasteiger partial charge in [0.15, 0.2) is 5.58 Å². The van der Waals surface area contributed by atoms with Gasteiger partial charge in [-0.15, -0.1) is 0 Å². The highest BCUT2D eigenvalue weighted by atomic mass is 16.5. The number of rotatable bonds is 7. The monoisotopic (exact) mass is 345 g/mol. The van der Waals surface area contributed by atoms with Crippen molar-refractivity contribution in [3.05, 3.63) is 30.0 Å². The fourth-order valence-electron chi connectivity index (χ4n) is 3.41. The van der Waals surface area contributed by atoms with Crippen molar-refractivity contribution in [2.24, 2.45) is 5.92 Å². The van der Waals surface area contributed by atoms with Gasteiger partial charge in [0.2, 0.25) is 0 Å². The summed E-state index contributed by atoms with van der Waals surface area (Å²) in [4.78, 5) is 14.7. The van der Waals surface area contributed by atoms with Gasteiger partial charge in [-0.1, -0.05) is 12.1 Å². The number of anilines is 1. The SMILES string of the molecule is COCCCN1CC[C@H](CNC(=O)Nc2cccc3cc(C)oc23)C1. The van der Waals surface area contributed by atoms with E-state index in [1.807, 2.05) is 31.2 Å². The van der Waals surface area contributed by atoms with Crippen LogP contribution in [0.1, 0.15) is 18.6 Å². The van der Waals surface area contributed by atoms with Crippen molar-refractivity contribution in [1.29, 1.82) is 0 Å². The first-order valence-electron chi connectivity index (χ1n) is 8.91. The Kier molecular flexibility index (Phi) is 5.94. The van der Waals surface area contributed by atoms with Crippen molar-refractivity contribution in [2.45, 2.75) is 19.8 Å². The zero-order valence-electron chi connectivity index (χ0n) is 15.0. The van der Waals surface area contributed by atoms with Crippen LogP contribution >= 0.6 is 0 Å². The second kappa shape index (κ2) is 8.36. The van der Waals surface area contributed by atoms with Gasteiger partial charge >= 0.3 is 6.03 Å². The average Bonchev–Trinajstić information content (AvgIpc) is 3.19. The van der Waals surface area contributed by atoms with Crippen molar-refractivity contribution in [1.82, 2.24) is 10.2 Å². The quantitative estimate of drug-likeness (QED) is 0.756. The van der Waals surface area contributed by atoms with Crippen molar-refractivity contribution >= 4 is 22.7 Å². The number of nitrogens with zero attached hydrogens (tertiary/aromatic N) is 1. The minimum atomic E-state index is -0.181. The minimum Gasteiger partial charge on any atom is -0.459 e. The molecule has 1 fully saturated rings. The number of nitrogens with one attached hydrogen (secondary N) is 2. The van der Waals surface area contributed by atoms with Crippen LogP contribution in [0.15, 0.2) is 28.7 Å². The largest absolute Gasteiger partial charge is 0.459 e. The maximum atomic E-state index is 12.2. The molecule has 0 spiro atoms. The number of methoxy groups -OCH3 is 1. The van der Waals surface area contributed by atoms with E-state index in [1.165, 1.54) is 0 Å². The first-order valence-corrected chi connectivity index (χ1v) is 8.91. The van der Waals surface area contributed by atoms with Crippen LogP contribution in [0, 0.1) is 12.8 Å². The summed E-state index contributed by atoms with van der Waals surface area (Å²) in [6.07, 6.45) is 2.18. The number of ether oxygens (including phenoxy) is 1. The highest BCUT2D eigenvalue weighted by Gasteiger charge is 2.22. The van der Waals surface area contributed by atoms with E-state index in [2.05, 4.69) is 15.5 Å². The Morgan fingerprint density at radius 1 is 1.44 bits per heavy atom. The summed E-state index contributed by atoms with van der Waals surface area (Å²) >= 11 is 0. The molecule has 2 amide bonds. The number of benzene rings is 1. The van der Waals surface area contributed by atoms with Crippen LogP contribution in [-0.4, -0.2) is 50.8 Å². The number of urea groups is 1. The Morgan fingerprint density at radius 2 is 2.32 bits per heavy atom. The average molecular weight is 345 g/mol. The van der Waals surface area contributed by atoms with E-state index in [1.54, 1.807) is 7.11 Å². The van der Waals surface area contributed by atoms with Crippen LogP contribution in [0.4, 0.5) is 10.5 Å². The molecule has 1 aromatic heterocycles. The lowest BCUT2D eigenvalue weighted by atomic mass is 10.1. The van der Waals surface area contributed by atoms with Crippen molar-refractivity contribution in [3.63, 3.8) is 0 Å². The van der Waals surface area contributed by atoms with Crippen LogP contribution in [0.2, 0.25) is 0 Å². The van der Waals surface area contributed by atoms with E-state index in [9.17, 15) is 4.79 Å². The maximum absolute atomic E-state index is 12.2. The van der Waals surface area contributed by atoms with Crippen molar-refractivity contribution in [3.8, 4) is 0 Å². The second-order valence-corrected chi connectivity index (χ2v) is 6.72. The molecule has 0 radical (unpaired) electrons. The van der Waals surface area contributed by atoms with Crippen LogP contribution < -0.4 is 10.6 Å². The summed E-state index contributed by atoms with van der Waals surface area (Å²) in [6.45, 7) is 6.61. The van der Waals surface area contributed by atoms with Crippen LogP contribution in [-0.2, 0) is 4.74 Å². The van der Waals surface area contributed by atoms with Crippen LogP contribution in [0.3, 0.4) is 0 Å². The lowest BCUT2D eigenvalue weighted by Crippen LogP contribution is -2.34. The molecule has 1 aliphatic rings. The highest BCUT2D eigenvalue weighted by Crippen LogP contribution is 2.26. The summed E-state index contributed by atoms with van der Waals surface area (Å²) in [7, 11) is 1.74. The van der Waals surface area contributed by atoms with E-state index in [4.69, 9.17) is 9.15 Å². The van der Waals surface area contributed by atoms with E-state index >= 15 is 0 Å². The number of furan rings is 1. The molecular formula is C19H27N3O3. The second-order valence-electron chi connectivity index (χ2n) is 6.72. The molecular weight excluding hydrogens is 318 g/mol. The van der Waals surface area contributed by atoms with Gasteiger partial charge in [0.1, 0.15) is 5.76 Å². The smallest absolute Gasteiger partial charge is 0.319 e. The fourth-order valence-corrected chi connectivity index (χ4v) is 3.41.